The molecule has 1 saturated heterocycles. The lowest BCUT2D eigenvalue weighted by Gasteiger charge is -2.42. The molecule has 1 aromatic carbocycles. The number of benzene rings is 1. The smallest absolute Gasteiger partial charge is 0.314 e. The third-order valence-electron chi connectivity index (χ3n) is 6.09. The highest BCUT2D eigenvalue weighted by Crippen LogP contribution is 2.47. The molecule has 1 heterocycles. The standard InChI is InChI=1S/C22H33FN2O4/c1-5-22(6-2,21(27)29-13-12-28-4)19-11-10-18(25(19)20(26)15(3)24)16-8-7-9-17(23)14-16/h7-9,14-15,18-19H,5-6,10-13,24H2,1-4H3/t15-,18+,19-/m1/s1. The number of amides is 1. The Bertz CT molecular complexity index is 706. The Labute approximate surface area is 172 Å². The van der Waals surface area contributed by atoms with Gasteiger partial charge in [-0.15, -0.1) is 0 Å². The van der Waals surface area contributed by atoms with Crippen LogP contribution in [0.15, 0.2) is 24.3 Å². The van der Waals surface area contributed by atoms with Crippen molar-refractivity contribution in [3.05, 3.63) is 35.6 Å². The number of halogens is 1. The first-order valence-corrected chi connectivity index (χ1v) is 10.3. The van der Waals surface area contributed by atoms with E-state index in [0.29, 0.717) is 32.3 Å². The minimum absolute atomic E-state index is 0.165. The van der Waals surface area contributed by atoms with Crippen molar-refractivity contribution in [3.63, 3.8) is 0 Å². The third kappa shape index (κ3) is 4.78. The summed E-state index contributed by atoms with van der Waals surface area (Å²) in [6.07, 6.45) is 2.32. The molecule has 1 amide bonds. The van der Waals surface area contributed by atoms with Gasteiger partial charge in [-0.2, -0.15) is 0 Å². The first kappa shape index (κ1) is 23.3. The highest BCUT2D eigenvalue weighted by Gasteiger charge is 2.53. The van der Waals surface area contributed by atoms with E-state index in [1.807, 2.05) is 19.9 Å². The van der Waals surface area contributed by atoms with Crippen LogP contribution in [0, 0.1) is 11.2 Å². The summed E-state index contributed by atoms with van der Waals surface area (Å²) >= 11 is 0. The molecule has 162 valence electrons. The van der Waals surface area contributed by atoms with Crippen LogP contribution in [-0.2, 0) is 19.1 Å². The number of nitrogens with two attached hydrogens (primary N) is 1. The van der Waals surface area contributed by atoms with Crippen LogP contribution in [0.3, 0.4) is 0 Å². The summed E-state index contributed by atoms with van der Waals surface area (Å²) in [6.45, 7) is 5.99. The van der Waals surface area contributed by atoms with Gasteiger partial charge in [0.25, 0.3) is 0 Å². The second-order valence-corrected chi connectivity index (χ2v) is 7.69. The minimum Gasteiger partial charge on any atom is -0.463 e. The Morgan fingerprint density at radius 2 is 1.97 bits per heavy atom. The Morgan fingerprint density at radius 1 is 1.28 bits per heavy atom. The fraction of sp³-hybridized carbons (Fsp3) is 0.636. The molecule has 3 atom stereocenters. The number of methoxy groups -OCH3 is 1. The Kier molecular flexibility index (Phi) is 8.16. The lowest BCUT2D eigenvalue weighted by atomic mass is 9.74. The van der Waals surface area contributed by atoms with Gasteiger partial charge in [-0.1, -0.05) is 26.0 Å². The van der Waals surface area contributed by atoms with E-state index in [4.69, 9.17) is 15.2 Å². The number of hydrogen-bond acceptors (Lipinski definition) is 5. The van der Waals surface area contributed by atoms with Gasteiger partial charge in [0.05, 0.1) is 24.1 Å². The highest BCUT2D eigenvalue weighted by atomic mass is 19.1. The average Bonchev–Trinajstić information content (AvgIpc) is 3.14. The fourth-order valence-corrected chi connectivity index (χ4v) is 4.44. The van der Waals surface area contributed by atoms with Crippen molar-refractivity contribution in [2.45, 2.75) is 64.6 Å². The molecule has 6 nitrogen and oxygen atoms in total. The van der Waals surface area contributed by atoms with E-state index in [2.05, 4.69) is 0 Å². The maximum atomic E-state index is 13.9. The van der Waals surface area contributed by atoms with Crippen molar-refractivity contribution in [1.82, 2.24) is 4.90 Å². The number of likely N-dealkylation sites (tertiary alicyclic amines) is 1. The monoisotopic (exact) mass is 408 g/mol. The summed E-state index contributed by atoms with van der Waals surface area (Å²) in [5.41, 5.74) is 5.82. The third-order valence-corrected chi connectivity index (χ3v) is 6.09. The predicted molar refractivity (Wildman–Crippen MR) is 109 cm³/mol. The van der Waals surface area contributed by atoms with Gasteiger partial charge < -0.3 is 20.1 Å². The van der Waals surface area contributed by atoms with Gasteiger partial charge in [0.2, 0.25) is 5.91 Å². The molecule has 1 fully saturated rings. The van der Waals surface area contributed by atoms with E-state index in [9.17, 15) is 14.0 Å². The van der Waals surface area contributed by atoms with Crippen LogP contribution >= 0.6 is 0 Å². The molecule has 0 spiro atoms. The van der Waals surface area contributed by atoms with E-state index in [-0.39, 0.29) is 36.4 Å². The van der Waals surface area contributed by atoms with Gasteiger partial charge in [0.1, 0.15) is 12.4 Å². The SMILES string of the molecule is CCC(CC)(C(=O)OCCOC)[C@H]1CC[C@@H](c2cccc(F)c2)N1C(=O)[C@@H](C)N. The molecule has 0 aromatic heterocycles. The van der Waals surface area contributed by atoms with Crippen molar-refractivity contribution in [2.24, 2.45) is 11.1 Å². The summed E-state index contributed by atoms with van der Waals surface area (Å²) in [4.78, 5) is 28.0. The number of carbonyl (C=O) groups is 2. The van der Waals surface area contributed by atoms with Crippen LogP contribution < -0.4 is 5.73 Å². The van der Waals surface area contributed by atoms with E-state index in [0.717, 1.165) is 5.56 Å². The van der Waals surface area contributed by atoms with Crippen molar-refractivity contribution < 1.29 is 23.5 Å². The Morgan fingerprint density at radius 3 is 2.52 bits per heavy atom. The summed E-state index contributed by atoms with van der Waals surface area (Å²) < 4.78 is 24.3. The maximum Gasteiger partial charge on any atom is 0.314 e. The zero-order valence-electron chi connectivity index (χ0n) is 17.8. The number of hydrogen-bond donors (Lipinski definition) is 1. The lowest BCUT2D eigenvalue weighted by molar-refractivity contribution is -0.164. The maximum absolute atomic E-state index is 13.9. The molecular formula is C22H33FN2O4. The molecule has 1 aliphatic rings. The molecule has 2 N–H and O–H groups in total. The van der Waals surface area contributed by atoms with Crippen molar-refractivity contribution >= 4 is 11.9 Å². The minimum atomic E-state index is -0.847. The molecule has 1 aromatic rings. The first-order chi connectivity index (χ1) is 13.8. The molecule has 0 radical (unpaired) electrons. The highest BCUT2D eigenvalue weighted by molar-refractivity contribution is 5.84. The number of carbonyl (C=O) groups excluding carboxylic acids is 2. The van der Waals surface area contributed by atoms with Crippen molar-refractivity contribution in [1.29, 1.82) is 0 Å². The first-order valence-electron chi connectivity index (χ1n) is 10.3. The molecule has 0 saturated carbocycles. The quantitative estimate of drug-likeness (QED) is 0.501. The normalized spacial score (nSPS) is 20.6. The van der Waals surface area contributed by atoms with Crippen LogP contribution in [0.25, 0.3) is 0 Å². The summed E-state index contributed by atoms with van der Waals surface area (Å²) in [5, 5.41) is 0. The molecule has 1 aliphatic heterocycles. The van der Waals surface area contributed by atoms with E-state index < -0.39 is 11.5 Å². The second kappa shape index (κ2) is 10.2. The van der Waals surface area contributed by atoms with Crippen LogP contribution in [-0.4, -0.2) is 49.2 Å². The Balaban J connectivity index is 2.43. The van der Waals surface area contributed by atoms with Gasteiger partial charge >= 0.3 is 5.97 Å². The molecule has 7 heteroatoms. The van der Waals surface area contributed by atoms with Crippen LogP contribution in [0.5, 0.6) is 0 Å². The van der Waals surface area contributed by atoms with E-state index >= 15 is 0 Å². The molecule has 0 aliphatic carbocycles. The summed E-state index contributed by atoms with van der Waals surface area (Å²) in [5.74, 6) is -0.917. The zero-order chi connectivity index (χ0) is 21.6. The number of ether oxygens (including phenoxy) is 2. The topological polar surface area (TPSA) is 81.9 Å². The number of nitrogens with zero attached hydrogens (tertiary/aromatic N) is 1. The van der Waals surface area contributed by atoms with Gasteiger partial charge in [-0.25, -0.2) is 4.39 Å². The van der Waals surface area contributed by atoms with Gasteiger partial charge in [-0.3, -0.25) is 9.59 Å². The largest absolute Gasteiger partial charge is 0.463 e. The predicted octanol–water partition coefficient (Wildman–Crippen LogP) is 3.20. The second-order valence-electron chi connectivity index (χ2n) is 7.69. The molecular weight excluding hydrogens is 375 g/mol. The van der Waals surface area contributed by atoms with Crippen molar-refractivity contribution in [2.75, 3.05) is 20.3 Å². The Hall–Kier alpha value is -1.99. The van der Waals surface area contributed by atoms with Crippen LogP contribution in [0.2, 0.25) is 0 Å². The van der Waals surface area contributed by atoms with Crippen LogP contribution in [0.4, 0.5) is 4.39 Å². The lowest BCUT2D eigenvalue weighted by Crippen LogP contribution is -2.54. The van der Waals surface area contributed by atoms with Gasteiger partial charge in [0.15, 0.2) is 0 Å². The number of rotatable bonds is 9. The summed E-state index contributed by atoms with van der Waals surface area (Å²) in [6, 6.07) is 4.88. The molecule has 29 heavy (non-hydrogen) atoms. The molecule has 0 bridgehead atoms. The molecule has 0 unspecified atom stereocenters. The van der Waals surface area contributed by atoms with Gasteiger partial charge in [0, 0.05) is 13.2 Å². The molecule has 2 rings (SSSR count). The summed E-state index contributed by atoms with van der Waals surface area (Å²) in [7, 11) is 1.55. The average molecular weight is 409 g/mol. The van der Waals surface area contributed by atoms with E-state index in [1.165, 1.54) is 12.1 Å². The number of esters is 1. The fourth-order valence-electron chi connectivity index (χ4n) is 4.44. The van der Waals surface area contributed by atoms with E-state index in [1.54, 1.807) is 25.0 Å². The van der Waals surface area contributed by atoms with Gasteiger partial charge in [-0.05, 0) is 50.3 Å². The zero-order valence-corrected chi connectivity index (χ0v) is 17.8. The van der Waals surface area contributed by atoms with Crippen LogP contribution in [0.1, 0.15) is 58.1 Å². The van der Waals surface area contributed by atoms with Crippen molar-refractivity contribution in [3.8, 4) is 0 Å².